The van der Waals surface area contributed by atoms with Crippen LogP contribution in [0.5, 0.6) is 5.75 Å². The van der Waals surface area contributed by atoms with Gasteiger partial charge in [-0.25, -0.2) is 18.2 Å². The van der Waals surface area contributed by atoms with E-state index in [4.69, 9.17) is 4.74 Å². The lowest BCUT2D eigenvalue weighted by atomic mass is 9.98. The number of halogens is 1. The average Bonchev–Trinajstić information content (AvgIpc) is 2.75. The monoisotopic (exact) mass is 433 g/mol. The van der Waals surface area contributed by atoms with Crippen LogP contribution in [-0.2, 0) is 14.8 Å². The standard InChI is InChI=1S/C21H24FN3O4S/c1-2-29-20-6-4-3-5-17(20)15-23-24-21(26)16-11-13-25(14-12-16)30(27,28)19-9-7-18(22)8-10-19/h3-10,15-16H,2,11-14H2,1H3,(H,24,26)/b23-15-. The van der Waals surface area contributed by atoms with Gasteiger partial charge in [0.1, 0.15) is 11.6 Å². The van der Waals surface area contributed by atoms with E-state index < -0.39 is 15.8 Å². The molecular formula is C21H24FN3O4S. The maximum absolute atomic E-state index is 13.1. The quantitative estimate of drug-likeness (QED) is 0.537. The van der Waals surface area contributed by atoms with Crippen molar-refractivity contribution in [2.45, 2.75) is 24.7 Å². The van der Waals surface area contributed by atoms with E-state index in [0.717, 1.165) is 17.7 Å². The number of nitrogens with one attached hydrogen (secondary N) is 1. The van der Waals surface area contributed by atoms with Gasteiger partial charge in [-0.05, 0) is 56.2 Å². The highest BCUT2D eigenvalue weighted by molar-refractivity contribution is 7.89. The molecule has 1 aliphatic rings. The fourth-order valence-electron chi connectivity index (χ4n) is 3.24. The molecule has 30 heavy (non-hydrogen) atoms. The van der Waals surface area contributed by atoms with Gasteiger partial charge in [0, 0.05) is 24.6 Å². The van der Waals surface area contributed by atoms with Crippen LogP contribution in [0.1, 0.15) is 25.3 Å². The number of hydrogen-bond acceptors (Lipinski definition) is 5. The number of hydrogen-bond donors (Lipinski definition) is 1. The van der Waals surface area contributed by atoms with Crippen LogP contribution in [0.2, 0.25) is 0 Å². The fraction of sp³-hybridized carbons (Fsp3) is 0.333. The third-order valence-corrected chi connectivity index (χ3v) is 6.79. The van der Waals surface area contributed by atoms with Gasteiger partial charge in [-0.1, -0.05) is 12.1 Å². The van der Waals surface area contributed by atoms with E-state index in [0.29, 0.717) is 25.2 Å². The molecule has 0 atom stereocenters. The molecule has 2 aromatic carbocycles. The molecule has 0 saturated carbocycles. The van der Waals surface area contributed by atoms with E-state index in [2.05, 4.69) is 10.5 Å². The summed E-state index contributed by atoms with van der Waals surface area (Å²) in [5.74, 6) is -0.394. The Morgan fingerprint density at radius 1 is 1.20 bits per heavy atom. The van der Waals surface area contributed by atoms with Crippen LogP contribution >= 0.6 is 0 Å². The molecule has 160 valence electrons. The first-order valence-electron chi connectivity index (χ1n) is 9.72. The predicted molar refractivity (Wildman–Crippen MR) is 111 cm³/mol. The van der Waals surface area contributed by atoms with E-state index in [9.17, 15) is 17.6 Å². The summed E-state index contributed by atoms with van der Waals surface area (Å²) in [6.07, 6.45) is 2.30. The zero-order valence-electron chi connectivity index (χ0n) is 16.6. The fourth-order valence-corrected chi connectivity index (χ4v) is 4.71. The zero-order valence-corrected chi connectivity index (χ0v) is 17.4. The molecule has 1 fully saturated rings. The molecule has 1 heterocycles. The maximum atomic E-state index is 13.1. The van der Waals surface area contributed by atoms with Crippen LogP contribution < -0.4 is 10.2 Å². The van der Waals surface area contributed by atoms with Crippen molar-refractivity contribution >= 4 is 22.1 Å². The van der Waals surface area contributed by atoms with Crippen LogP contribution in [0.4, 0.5) is 4.39 Å². The highest BCUT2D eigenvalue weighted by atomic mass is 32.2. The lowest BCUT2D eigenvalue weighted by molar-refractivity contribution is -0.126. The van der Waals surface area contributed by atoms with Gasteiger partial charge in [-0.2, -0.15) is 9.41 Å². The van der Waals surface area contributed by atoms with Crippen LogP contribution in [0.3, 0.4) is 0 Å². The smallest absolute Gasteiger partial charge is 0.243 e. The molecule has 9 heteroatoms. The largest absolute Gasteiger partial charge is 0.493 e. The Balaban J connectivity index is 1.55. The average molecular weight is 434 g/mol. The Labute approximate surface area is 175 Å². The van der Waals surface area contributed by atoms with Gasteiger partial charge in [-0.3, -0.25) is 4.79 Å². The molecule has 2 aromatic rings. The topological polar surface area (TPSA) is 88.1 Å². The van der Waals surface area contributed by atoms with Crippen molar-refractivity contribution in [3.8, 4) is 5.75 Å². The minimum Gasteiger partial charge on any atom is -0.493 e. The van der Waals surface area contributed by atoms with E-state index in [1.807, 2.05) is 31.2 Å². The van der Waals surface area contributed by atoms with Gasteiger partial charge < -0.3 is 4.74 Å². The zero-order chi connectivity index (χ0) is 21.6. The number of ether oxygens (including phenoxy) is 1. The number of hydrazone groups is 1. The number of benzene rings is 2. The van der Waals surface area contributed by atoms with Crippen molar-refractivity contribution in [3.05, 3.63) is 59.9 Å². The van der Waals surface area contributed by atoms with Crippen LogP contribution in [0.25, 0.3) is 0 Å². The number of carbonyl (C=O) groups is 1. The molecule has 0 radical (unpaired) electrons. The number of rotatable bonds is 7. The Hall–Kier alpha value is -2.78. The van der Waals surface area contributed by atoms with Crippen molar-refractivity contribution in [2.24, 2.45) is 11.0 Å². The van der Waals surface area contributed by atoms with Gasteiger partial charge in [0.25, 0.3) is 0 Å². The molecule has 1 saturated heterocycles. The predicted octanol–water partition coefficient (Wildman–Crippen LogP) is 2.78. The molecule has 0 spiro atoms. The molecule has 1 aliphatic heterocycles. The Bertz CT molecular complexity index is 1000. The van der Waals surface area contributed by atoms with Crippen molar-refractivity contribution < 1.29 is 22.3 Å². The molecule has 0 unspecified atom stereocenters. The van der Waals surface area contributed by atoms with Gasteiger partial charge in [0.2, 0.25) is 15.9 Å². The maximum Gasteiger partial charge on any atom is 0.243 e. The second kappa shape index (κ2) is 9.82. The number of para-hydroxylation sites is 1. The van der Waals surface area contributed by atoms with E-state index in [1.54, 1.807) is 0 Å². The van der Waals surface area contributed by atoms with Gasteiger partial charge in [0.05, 0.1) is 17.7 Å². The highest BCUT2D eigenvalue weighted by Gasteiger charge is 2.32. The van der Waals surface area contributed by atoms with Gasteiger partial charge in [-0.15, -0.1) is 0 Å². The molecule has 0 bridgehead atoms. The number of carbonyl (C=O) groups excluding carboxylic acids is 1. The van der Waals surface area contributed by atoms with E-state index in [1.165, 1.54) is 22.7 Å². The van der Waals surface area contributed by atoms with Gasteiger partial charge in [0.15, 0.2) is 0 Å². The number of sulfonamides is 1. The summed E-state index contributed by atoms with van der Waals surface area (Å²) in [6.45, 7) is 2.85. The minimum atomic E-state index is -3.70. The molecular weight excluding hydrogens is 409 g/mol. The molecule has 0 aromatic heterocycles. The molecule has 3 rings (SSSR count). The first-order chi connectivity index (χ1) is 14.4. The molecule has 1 amide bonds. The lowest BCUT2D eigenvalue weighted by Crippen LogP contribution is -2.42. The summed E-state index contributed by atoms with van der Waals surface area (Å²) >= 11 is 0. The van der Waals surface area contributed by atoms with Crippen molar-refractivity contribution in [3.63, 3.8) is 0 Å². The van der Waals surface area contributed by atoms with Gasteiger partial charge >= 0.3 is 0 Å². The Kier molecular flexibility index (Phi) is 7.17. The van der Waals surface area contributed by atoms with Crippen LogP contribution in [-0.4, -0.2) is 44.5 Å². The van der Waals surface area contributed by atoms with Crippen molar-refractivity contribution in [1.82, 2.24) is 9.73 Å². The molecule has 1 N–H and O–H groups in total. The summed E-state index contributed by atoms with van der Waals surface area (Å²) in [4.78, 5) is 12.4. The van der Waals surface area contributed by atoms with E-state index in [-0.39, 0.29) is 29.8 Å². The normalized spacial score (nSPS) is 15.9. The third-order valence-electron chi connectivity index (χ3n) is 4.87. The summed E-state index contributed by atoms with van der Waals surface area (Å²) in [5.41, 5.74) is 3.28. The van der Waals surface area contributed by atoms with Crippen molar-refractivity contribution in [1.29, 1.82) is 0 Å². The Morgan fingerprint density at radius 3 is 2.53 bits per heavy atom. The first kappa shape index (κ1) is 21.9. The minimum absolute atomic E-state index is 0.0457. The highest BCUT2D eigenvalue weighted by Crippen LogP contribution is 2.24. The summed E-state index contributed by atoms with van der Waals surface area (Å²) < 4.78 is 45.2. The summed E-state index contributed by atoms with van der Waals surface area (Å²) in [6, 6.07) is 12.1. The van der Waals surface area contributed by atoms with Crippen molar-refractivity contribution in [2.75, 3.05) is 19.7 Å². The molecule has 7 nitrogen and oxygen atoms in total. The first-order valence-corrected chi connectivity index (χ1v) is 11.2. The summed E-state index contributed by atoms with van der Waals surface area (Å²) in [7, 11) is -3.70. The third kappa shape index (κ3) is 5.22. The number of amides is 1. The van der Waals surface area contributed by atoms with Crippen LogP contribution in [0, 0.1) is 11.7 Å². The number of piperidine rings is 1. The molecule has 0 aliphatic carbocycles. The van der Waals surface area contributed by atoms with Crippen LogP contribution in [0.15, 0.2) is 58.5 Å². The van der Waals surface area contributed by atoms with E-state index >= 15 is 0 Å². The SMILES string of the molecule is CCOc1ccccc1/C=N\NC(=O)C1CCN(S(=O)(=O)c2ccc(F)cc2)CC1. The number of nitrogens with zero attached hydrogens (tertiary/aromatic N) is 2. The second-order valence-electron chi connectivity index (χ2n) is 6.84. The lowest BCUT2D eigenvalue weighted by Gasteiger charge is -2.30. The second-order valence-corrected chi connectivity index (χ2v) is 8.78. The summed E-state index contributed by atoms with van der Waals surface area (Å²) in [5, 5.41) is 4.01. The Morgan fingerprint density at radius 2 is 1.87 bits per heavy atom.